The normalized spacial score (nSPS) is 10.1. The second-order valence-corrected chi connectivity index (χ2v) is 3.99. The summed E-state index contributed by atoms with van der Waals surface area (Å²) < 4.78 is 4.58. The fraction of sp³-hybridized carbons (Fsp3) is 0.500. The fourth-order valence-corrected chi connectivity index (χ4v) is 1.70. The molecule has 0 aliphatic carbocycles. The number of carbonyl (C=O) groups is 1. The molecule has 7 heteroatoms. The van der Waals surface area contributed by atoms with Gasteiger partial charge in [-0.05, 0) is 6.92 Å². The van der Waals surface area contributed by atoms with Gasteiger partial charge < -0.3 is 9.64 Å². The van der Waals surface area contributed by atoms with Crippen molar-refractivity contribution in [2.75, 3.05) is 25.1 Å². The summed E-state index contributed by atoms with van der Waals surface area (Å²) in [5.41, 5.74) is 0.665. The van der Waals surface area contributed by atoms with Crippen LogP contribution < -0.4 is 4.90 Å². The number of hydrogen-bond acceptors (Lipinski definition) is 5. The summed E-state index contributed by atoms with van der Waals surface area (Å²) in [5.74, 6) is -0.271. The lowest BCUT2D eigenvalue weighted by Crippen LogP contribution is -2.26. The van der Waals surface area contributed by atoms with Crippen LogP contribution in [0.3, 0.4) is 0 Å². The standard InChI is InChI=1S/C10H13Cl2N3O2/c1-3-15(5-4-9(16)17-2)7-6-8(11)13-14-10(7)12/h6H,3-5H2,1-2H3. The maximum atomic E-state index is 11.1. The molecule has 0 spiro atoms. The van der Waals surface area contributed by atoms with Gasteiger partial charge in [0.1, 0.15) is 0 Å². The number of nitrogens with zero attached hydrogens (tertiary/aromatic N) is 3. The van der Waals surface area contributed by atoms with Crippen LogP contribution in [0.25, 0.3) is 0 Å². The van der Waals surface area contributed by atoms with Crippen LogP contribution in [0, 0.1) is 0 Å². The monoisotopic (exact) mass is 277 g/mol. The third kappa shape index (κ3) is 4.02. The van der Waals surface area contributed by atoms with Crippen molar-refractivity contribution in [1.82, 2.24) is 10.2 Å². The highest BCUT2D eigenvalue weighted by molar-refractivity contribution is 6.33. The average Bonchev–Trinajstić information content (AvgIpc) is 2.33. The Kier molecular flexibility index (Phi) is 5.44. The van der Waals surface area contributed by atoms with E-state index in [0.717, 1.165) is 0 Å². The van der Waals surface area contributed by atoms with Crippen LogP contribution in [0.15, 0.2) is 6.07 Å². The maximum absolute atomic E-state index is 11.1. The van der Waals surface area contributed by atoms with Gasteiger partial charge in [-0.3, -0.25) is 4.79 Å². The molecule has 0 fully saturated rings. The minimum absolute atomic E-state index is 0.265. The highest BCUT2D eigenvalue weighted by Crippen LogP contribution is 2.25. The molecule has 1 aromatic heterocycles. The molecule has 0 amide bonds. The van der Waals surface area contributed by atoms with Crippen molar-refractivity contribution in [3.05, 3.63) is 16.4 Å². The lowest BCUT2D eigenvalue weighted by atomic mass is 10.3. The molecule has 0 radical (unpaired) electrons. The van der Waals surface area contributed by atoms with Crippen molar-refractivity contribution >= 4 is 34.9 Å². The first-order valence-corrected chi connectivity index (χ1v) is 5.84. The van der Waals surface area contributed by atoms with Crippen LogP contribution in [0.2, 0.25) is 10.3 Å². The van der Waals surface area contributed by atoms with Gasteiger partial charge in [0.2, 0.25) is 0 Å². The van der Waals surface area contributed by atoms with Gasteiger partial charge in [-0.25, -0.2) is 0 Å². The van der Waals surface area contributed by atoms with E-state index < -0.39 is 0 Å². The number of methoxy groups -OCH3 is 1. The van der Waals surface area contributed by atoms with E-state index in [1.54, 1.807) is 6.07 Å². The van der Waals surface area contributed by atoms with Crippen LogP contribution in [0.5, 0.6) is 0 Å². The largest absolute Gasteiger partial charge is 0.469 e. The lowest BCUT2D eigenvalue weighted by molar-refractivity contribution is -0.140. The Morgan fingerprint density at radius 2 is 2.18 bits per heavy atom. The first kappa shape index (κ1) is 14.0. The van der Waals surface area contributed by atoms with E-state index in [-0.39, 0.29) is 22.7 Å². The second kappa shape index (κ2) is 6.61. The minimum atomic E-state index is -0.271. The topological polar surface area (TPSA) is 55.3 Å². The number of hydrogen-bond donors (Lipinski definition) is 0. The zero-order valence-electron chi connectivity index (χ0n) is 9.61. The van der Waals surface area contributed by atoms with E-state index in [0.29, 0.717) is 18.8 Å². The van der Waals surface area contributed by atoms with Crippen LogP contribution in [-0.4, -0.2) is 36.4 Å². The molecule has 1 rings (SSSR count). The summed E-state index contributed by atoms with van der Waals surface area (Å²) in [4.78, 5) is 13.0. The molecule has 0 saturated carbocycles. The molecule has 0 atom stereocenters. The molecule has 5 nitrogen and oxygen atoms in total. The van der Waals surface area contributed by atoms with Crippen molar-refractivity contribution < 1.29 is 9.53 Å². The molecule has 0 N–H and O–H groups in total. The number of halogens is 2. The molecule has 0 bridgehead atoms. The first-order valence-electron chi connectivity index (χ1n) is 5.09. The fourth-order valence-electron chi connectivity index (χ4n) is 1.34. The predicted octanol–water partition coefficient (Wildman–Crippen LogP) is 2.17. The Morgan fingerprint density at radius 3 is 2.76 bits per heavy atom. The smallest absolute Gasteiger partial charge is 0.307 e. The summed E-state index contributed by atoms with van der Waals surface area (Å²) in [6.45, 7) is 3.12. The van der Waals surface area contributed by atoms with Gasteiger partial charge >= 0.3 is 5.97 Å². The molecular weight excluding hydrogens is 265 g/mol. The predicted molar refractivity (Wildman–Crippen MR) is 66.6 cm³/mol. The van der Waals surface area contributed by atoms with Crippen LogP contribution in [-0.2, 0) is 9.53 Å². The number of rotatable bonds is 5. The van der Waals surface area contributed by atoms with Crippen molar-refractivity contribution in [2.24, 2.45) is 0 Å². The molecule has 1 aromatic rings. The summed E-state index contributed by atoms with van der Waals surface area (Å²) in [5, 5.41) is 7.88. The molecule has 1 heterocycles. The molecule has 0 aliphatic rings. The van der Waals surface area contributed by atoms with Gasteiger partial charge in [0.05, 0.1) is 19.2 Å². The van der Waals surface area contributed by atoms with E-state index in [1.807, 2.05) is 11.8 Å². The zero-order chi connectivity index (χ0) is 12.8. The van der Waals surface area contributed by atoms with Crippen LogP contribution in [0.1, 0.15) is 13.3 Å². The van der Waals surface area contributed by atoms with Crippen LogP contribution >= 0.6 is 23.2 Å². The Labute approximate surface area is 110 Å². The Hall–Kier alpha value is -1.07. The van der Waals surface area contributed by atoms with Crippen molar-refractivity contribution in [2.45, 2.75) is 13.3 Å². The minimum Gasteiger partial charge on any atom is -0.469 e. The Bertz CT molecular complexity index is 401. The first-order chi connectivity index (χ1) is 8.08. The van der Waals surface area contributed by atoms with Crippen LogP contribution in [0.4, 0.5) is 5.69 Å². The molecular formula is C10H13Cl2N3O2. The maximum Gasteiger partial charge on any atom is 0.307 e. The third-order valence-corrected chi connectivity index (χ3v) is 2.69. The highest BCUT2D eigenvalue weighted by Gasteiger charge is 2.13. The van der Waals surface area contributed by atoms with Gasteiger partial charge in [0.15, 0.2) is 10.3 Å². The van der Waals surface area contributed by atoms with Crippen molar-refractivity contribution in [3.8, 4) is 0 Å². The summed E-state index contributed by atoms with van der Waals surface area (Å²) in [7, 11) is 1.36. The quantitative estimate of drug-likeness (QED) is 0.773. The summed E-state index contributed by atoms with van der Waals surface area (Å²) in [6, 6.07) is 1.62. The molecule has 0 aromatic carbocycles. The second-order valence-electron chi connectivity index (χ2n) is 3.25. The number of esters is 1. The summed E-state index contributed by atoms with van der Waals surface area (Å²) >= 11 is 11.7. The SMILES string of the molecule is CCN(CCC(=O)OC)c1cc(Cl)nnc1Cl. The molecule has 0 unspecified atom stereocenters. The number of carbonyl (C=O) groups excluding carboxylic acids is 1. The van der Waals surface area contributed by atoms with Gasteiger partial charge in [0, 0.05) is 19.2 Å². The van der Waals surface area contributed by atoms with Crippen molar-refractivity contribution in [3.63, 3.8) is 0 Å². The van der Waals surface area contributed by atoms with E-state index in [2.05, 4.69) is 14.9 Å². The van der Waals surface area contributed by atoms with E-state index in [1.165, 1.54) is 7.11 Å². The summed E-state index contributed by atoms with van der Waals surface area (Å²) in [6.07, 6.45) is 0.278. The van der Waals surface area contributed by atoms with Gasteiger partial charge in [0.25, 0.3) is 0 Å². The number of ether oxygens (including phenoxy) is 1. The van der Waals surface area contributed by atoms with Gasteiger partial charge in [-0.1, -0.05) is 23.2 Å². The van der Waals surface area contributed by atoms with Gasteiger partial charge in [-0.15, -0.1) is 10.2 Å². The Morgan fingerprint density at radius 1 is 1.47 bits per heavy atom. The third-order valence-electron chi connectivity index (χ3n) is 2.24. The average molecular weight is 278 g/mol. The highest BCUT2D eigenvalue weighted by atomic mass is 35.5. The van der Waals surface area contributed by atoms with E-state index >= 15 is 0 Å². The van der Waals surface area contributed by atoms with E-state index in [4.69, 9.17) is 23.2 Å². The van der Waals surface area contributed by atoms with Crippen molar-refractivity contribution in [1.29, 1.82) is 0 Å². The van der Waals surface area contributed by atoms with Gasteiger partial charge in [-0.2, -0.15) is 0 Å². The molecule has 0 saturated heterocycles. The lowest BCUT2D eigenvalue weighted by Gasteiger charge is -2.22. The Balaban J connectivity index is 2.78. The molecule has 17 heavy (non-hydrogen) atoms. The van der Waals surface area contributed by atoms with E-state index in [9.17, 15) is 4.79 Å². The molecule has 0 aliphatic heterocycles. The number of anilines is 1. The number of aromatic nitrogens is 2. The molecule has 94 valence electrons. The zero-order valence-corrected chi connectivity index (χ0v) is 11.1.